The first-order chi connectivity index (χ1) is 9.83. The summed E-state index contributed by atoms with van der Waals surface area (Å²) in [6.45, 7) is 5.72. The average molecular weight is 324 g/mol. The van der Waals surface area contributed by atoms with E-state index in [1.165, 1.54) is 0 Å². The lowest BCUT2D eigenvalue weighted by atomic mass is 10.0. The average Bonchev–Trinajstić information content (AvgIpc) is 2.92. The molecule has 0 saturated heterocycles. The number of sulfonamides is 1. The zero-order chi connectivity index (χ0) is 15.6. The first-order valence-electron chi connectivity index (χ1n) is 6.73. The first-order valence-corrected chi connectivity index (χ1v) is 9.10. The number of thiophene rings is 1. The SMILES string of the molecule is Cc1c(N)cccc1S(=O)(=O)NC(c1cccs1)C(C)C. The van der Waals surface area contributed by atoms with E-state index >= 15 is 0 Å². The summed E-state index contributed by atoms with van der Waals surface area (Å²) in [6, 6.07) is 8.58. The number of anilines is 1. The fourth-order valence-corrected chi connectivity index (χ4v) is 4.81. The van der Waals surface area contributed by atoms with E-state index in [0.717, 1.165) is 4.88 Å². The van der Waals surface area contributed by atoms with Gasteiger partial charge >= 0.3 is 0 Å². The lowest BCUT2D eigenvalue weighted by Gasteiger charge is -2.22. The van der Waals surface area contributed by atoms with Gasteiger partial charge in [-0.3, -0.25) is 0 Å². The monoisotopic (exact) mass is 324 g/mol. The van der Waals surface area contributed by atoms with Crippen LogP contribution in [-0.4, -0.2) is 8.42 Å². The van der Waals surface area contributed by atoms with E-state index in [0.29, 0.717) is 11.3 Å². The molecule has 0 bridgehead atoms. The molecule has 1 aromatic heterocycles. The Morgan fingerprint density at radius 1 is 1.19 bits per heavy atom. The smallest absolute Gasteiger partial charge is 0.241 e. The second-order valence-corrected chi connectivity index (χ2v) is 7.99. The maximum Gasteiger partial charge on any atom is 0.241 e. The van der Waals surface area contributed by atoms with E-state index < -0.39 is 10.0 Å². The third-order valence-electron chi connectivity index (χ3n) is 3.41. The molecule has 1 atom stereocenters. The van der Waals surface area contributed by atoms with Crippen molar-refractivity contribution in [3.63, 3.8) is 0 Å². The van der Waals surface area contributed by atoms with Crippen molar-refractivity contribution >= 4 is 27.0 Å². The van der Waals surface area contributed by atoms with E-state index in [-0.39, 0.29) is 16.9 Å². The van der Waals surface area contributed by atoms with Crippen LogP contribution in [0, 0.1) is 12.8 Å². The molecule has 0 fully saturated rings. The lowest BCUT2D eigenvalue weighted by molar-refractivity contribution is 0.468. The van der Waals surface area contributed by atoms with Crippen molar-refractivity contribution in [3.8, 4) is 0 Å². The number of nitrogens with two attached hydrogens (primary N) is 1. The number of hydrogen-bond acceptors (Lipinski definition) is 4. The zero-order valence-corrected chi connectivity index (χ0v) is 14.0. The molecule has 0 aliphatic carbocycles. The summed E-state index contributed by atoms with van der Waals surface area (Å²) in [5.74, 6) is 0.153. The van der Waals surface area contributed by atoms with Crippen LogP contribution >= 0.6 is 11.3 Å². The Labute approximate surface area is 130 Å². The molecule has 4 nitrogen and oxygen atoms in total. The van der Waals surface area contributed by atoms with Crippen LogP contribution in [0.15, 0.2) is 40.6 Å². The molecule has 6 heteroatoms. The van der Waals surface area contributed by atoms with E-state index in [4.69, 9.17) is 5.73 Å². The van der Waals surface area contributed by atoms with E-state index in [2.05, 4.69) is 4.72 Å². The van der Waals surface area contributed by atoms with Crippen LogP contribution in [0.1, 0.15) is 30.3 Å². The molecule has 0 aliphatic rings. The summed E-state index contributed by atoms with van der Waals surface area (Å²) in [7, 11) is -3.61. The number of nitrogens with one attached hydrogen (secondary N) is 1. The fourth-order valence-electron chi connectivity index (χ4n) is 2.14. The Hall–Kier alpha value is -1.37. The molecule has 3 N–H and O–H groups in total. The van der Waals surface area contributed by atoms with Gasteiger partial charge in [0, 0.05) is 10.6 Å². The van der Waals surface area contributed by atoms with Crippen LogP contribution in [0.5, 0.6) is 0 Å². The first kappa shape index (κ1) is 16.0. The molecule has 1 unspecified atom stereocenters. The van der Waals surface area contributed by atoms with Crippen LogP contribution in [0.4, 0.5) is 5.69 Å². The highest BCUT2D eigenvalue weighted by molar-refractivity contribution is 7.89. The Balaban J connectivity index is 2.38. The standard InChI is InChI=1S/C15H20N2O2S2/c1-10(2)15(13-7-5-9-20-13)17-21(18,19)14-8-4-6-12(16)11(14)3/h4-10,15,17H,16H2,1-3H3. The highest BCUT2D eigenvalue weighted by atomic mass is 32.2. The third-order valence-corrected chi connectivity index (χ3v) is 5.95. The molecule has 0 saturated carbocycles. The predicted molar refractivity (Wildman–Crippen MR) is 87.8 cm³/mol. The Morgan fingerprint density at radius 2 is 1.90 bits per heavy atom. The summed E-state index contributed by atoms with van der Waals surface area (Å²) in [4.78, 5) is 1.25. The summed E-state index contributed by atoms with van der Waals surface area (Å²) < 4.78 is 28.1. The molecule has 2 aromatic rings. The molecular formula is C15H20N2O2S2. The van der Waals surface area contributed by atoms with Gasteiger partial charge < -0.3 is 5.73 Å². The van der Waals surface area contributed by atoms with Crippen LogP contribution in [-0.2, 0) is 10.0 Å². The third kappa shape index (κ3) is 3.45. The van der Waals surface area contributed by atoms with Crippen molar-refractivity contribution in [2.75, 3.05) is 5.73 Å². The molecule has 0 radical (unpaired) electrons. The minimum absolute atomic E-state index is 0.153. The summed E-state index contributed by atoms with van der Waals surface area (Å²) >= 11 is 1.55. The lowest BCUT2D eigenvalue weighted by Crippen LogP contribution is -2.31. The van der Waals surface area contributed by atoms with Gasteiger partial charge in [0.25, 0.3) is 0 Å². The number of nitrogen functional groups attached to an aromatic ring is 1. The molecule has 114 valence electrons. The molecule has 1 heterocycles. The van der Waals surface area contributed by atoms with Crippen LogP contribution in [0.2, 0.25) is 0 Å². The summed E-state index contributed by atoms with van der Waals surface area (Å²) in [6.07, 6.45) is 0. The fraction of sp³-hybridized carbons (Fsp3) is 0.333. The van der Waals surface area contributed by atoms with Gasteiger partial charge in [-0.15, -0.1) is 11.3 Å². The van der Waals surface area contributed by atoms with E-state index in [1.54, 1.807) is 36.5 Å². The van der Waals surface area contributed by atoms with Crippen molar-refractivity contribution in [1.29, 1.82) is 0 Å². The minimum atomic E-state index is -3.61. The predicted octanol–water partition coefficient (Wildman–Crippen LogP) is 3.31. The van der Waals surface area contributed by atoms with Crippen molar-refractivity contribution in [3.05, 3.63) is 46.2 Å². The van der Waals surface area contributed by atoms with E-state index in [9.17, 15) is 8.42 Å². The molecular weight excluding hydrogens is 304 g/mol. The largest absolute Gasteiger partial charge is 0.398 e. The Bertz CT molecular complexity index is 707. The molecule has 0 spiro atoms. The van der Waals surface area contributed by atoms with Gasteiger partial charge in [-0.05, 0) is 42.0 Å². The van der Waals surface area contributed by atoms with Gasteiger partial charge in [0.15, 0.2) is 0 Å². The zero-order valence-electron chi connectivity index (χ0n) is 12.3. The van der Waals surface area contributed by atoms with Crippen molar-refractivity contribution in [1.82, 2.24) is 4.72 Å². The van der Waals surface area contributed by atoms with Gasteiger partial charge in [-0.1, -0.05) is 26.0 Å². The Kier molecular flexibility index (Phi) is 4.70. The van der Waals surface area contributed by atoms with Crippen LogP contribution < -0.4 is 10.5 Å². The normalized spacial score (nSPS) is 13.5. The Morgan fingerprint density at radius 3 is 2.48 bits per heavy atom. The van der Waals surface area contributed by atoms with Gasteiger partial charge in [0.05, 0.1) is 10.9 Å². The quantitative estimate of drug-likeness (QED) is 0.829. The second kappa shape index (κ2) is 6.17. The van der Waals surface area contributed by atoms with Gasteiger partial charge in [-0.25, -0.2) is 13.1 Å². The summed E-state index contributed by atoms with van der Waals surface area (Å²) in [5.41, 5.74) is 6.88. The van der Waals surface area contributed by atoms with Crippen molar-refractivity contribution in [2.24, 2.45) is 5.92 Å². The van der Waals surface area contributed by atoms with E-state index in [1.807, 2.05) is 31.4 Å². The number of rotatable bonds is 5. The highest BCUT2D eigenvalue weighted by Gasteiger charge is 2.26. The van der Waals surface area contributed by atoms with Crippen LogP contribution in [0.25, 0.3) is 0 Å². The van der Waals surface area contributed by atoms with Crippen molar-refractivity contribution < 1.29 is 8.42 Å². The molecule has 0 aliphatic heterocycles. The van der Waals surface area contributed by atoms with Gasteiger partial charge in [0.2, 0.25) is 10.0 Å². The molecule has 21 heavy (non-hydrogen) atoms. The highest BCUT2D eigenvalue weighted by Crippen LogP contribution is 2.29. The number of benzene rings is 1. The topological polar surface area (TPSA) is 72.2 Å². The summed E-state index contributed by atoms with van der Waals surface area (Å²) in [5, 5.41) is 1.95. The van der Waals surface area contributed by atoms with Gasteiger partial charge in [0.1, 0.15) is 0 Å². The van der Waals surface area contributed by atoms with Gasteiger partial charge in [-0.2, -0.15) is 0 Å². The molecule has 2 rings (SSSR count). The molecule has 1 aromatic carbocycles. The minimum Gasteiger partial charge on any atom is -0.398 e. The maximum absolute atomic E-state index is 12.7. The maximum atomic E-state index is 12.7. The second-order valence-electron chi connectivity index (χ2n) is 5.33. The number of hydrogen-bond donors (Lipinski definition) is 2. The van der Waals surface area contributed by atoms with Crippen molar-refractivity contribution in [2.45, 2.75) is 31.7 Å². The molecule has 0 amide bonds. The van der Waals surface area contributed by atoms with Crippen LogP contribution in [0.3, 0.4) is 0 Å².